The topological polar surface area (TPSA) is 41.8 Å². The summed E-state index contributed by atoms with van der Waals surface area (Å²) in [6, 6.07) is 18.7. The highest BCUT2D eigenvalue weighted by Gasteiger charge is 2.09. The van der Waals surface area contributed by atoms with Crippen LogP contribution in [-0.2, 0) is 6.42 Å². The third-order valence-corrected chi connectivity index (χ3v) is 3.35. The summed E-state index contributed by atoms with van der Waals surface area (Å²) in [6.07, 6.45) is 2.83. The third kappa shape index (κ3) is 2.03. The van der Waals surface area contributed by atoms with Gasteiger partial charge in [-0.1, -0.05) is 42.5 Å². The van der Waals surface area contributed by atoms with Gasteiger partial charge in [-0.3, -0.25) is 0 Å². The van der Waals surface area contributed by atoms with Crippen molar-refractivity contribution in [1.29, 1.82) is 0 Å². The molecule has 0 bridgehead atoms. The van der Waals surface area contributed by atoms with Gasteiger partial charge in [0.25, 0.3) is 0 Å². The molecular formula is C16H16N2. The number of hydrogen-bond acceptors (Lipinski definition) is 1. The zero-order chi connectivity index (χ0) is 12.4. The van der Waals surface area contributed by atoms with Crippen LogP contribution in [0.3, 0.4) is 0 Å². The van der Waals surface area contributed by atoms with Gasteiger partial charge in [0.05, 0.1) is 0 Å². The second-order valence-electron chi connectivity index (χ2n) is 4.58. The molecule has 1 atom stereocenters. The molecule has 1 aromatic heterocycles. The van der Waals surface area contributed by atoms with E-state index in [2.05, 4.69) is 41.4 Å². The van der Waals surface area contributed by atoms with E-state index in [1.807, 2.05) is 24.4 Å². The van der Waals surface area contributed by atoms with E-state index < -0.39 is 0 Å². The van der Waals surface area contributed by atoms with Gasteiger partial charge < -0.3 is 10.7 Å². The second kappa shape index (κ2) is 4.67. The monoisotopic (exact) mass is 236 g/mol. The Hall–Kier alpha value is -2.06. The van der Waals surface area contributed by atoms with E-state index >= 15 is 0 Å². The minimum absolute atomic E-state index is 0.0479. The Morgan fingerprint density at radius 1 is 0.944 bits per heavy atom. The molecule has 18 heavy (non-hydrogen) atoms. The Morgan fingerprint density at radius 3 is 2.61 bits per heavy atom. The Balaban J connectivity index is 1.91. The summed E-state index contributed by atoms with van der Waals surface area (Å²) < 4.78 is 0. The number of fused-ring (bicyclic) bond motifs is 1. The van der Waals surface area contributed by atoms with E-state index in [1.165, 1.54) is 22.0 Å². The molecule has 0 aliphatic rings. The van der Waals surface area contributed by atoms with Crippen LogP contribution in [0.25, 0.3) is 10.9 Å². The number of nitrogens with two attached hydrogens (primary N) is 1. The maximum absolute atomic E-state index is 6.28. The zero-order valence-electron chi connectivity index (χ0n) is 10.1. The van der Waals surface area contributed by atoms with Gasteiger partial charge in [-0.15, -0.1) is 0 Å². The Morgan fingerprint density at radius 2 is 1.78 bits per heavy atom. The molecule has 3 rings (SSSR count). The Kier molecular flexibility index (Phi) is 2.87. The lowest BCUT2D eigenvalue weighted by Gasteiger charge is -2.12. The number of aromatic nitrogens is 1. The first-order valence-electron chi connectivity index (χ1n) is 6.20. The molecule has 0 aliphatic heterocycles. The molecule has 3 N–H and O–H groups in total. The summed E-state index contributed by atoms with van der Waals surface area (Å²) in [5.74, 6) is 0. The molecule has 0 saturated heterocycles. The first kappa shape index (κ1) is 11.1. The molecule has 0 amide bonds. The molecule has 0 spiro atoms. The Bertz CT molecular complexity index is 640. The second-order valence-corrected chi connectivity index (χ2v) is 4.58. The largest absolute Gasteiger partial charge is 0.361 e. The van der Waals surface area contributed by atoms with Crippen LogP contribution >= 0.6 is 0 Å². The zero-order valence-corrected chi connectivity index (χ0v) is 10.1. The molecule has 0 aliphatic carbocycles. The van der Waals surface area contributed by atoms with Gasteiger partial charge in [0.2, 0.25) is 0 Å². The van der Waals surface area contributed by atoms with Crippen molar-refractivity contribution in [1.82, 2.24) is 4.98 Å². The van der Waals surface area contributed by atoms with Gasteiger partial charge in [-0.05, 0) is 29.7 Å². The van der Waals surface area contributed by atoms with Crippen molar-refractivity contribution < 1.29 is 0 Å². The molecule has 90 valence electrons. The van der Waals surface area contributed by atoms with Crippen LogP contribution in [0.1, 0.15) is 17.2 Å². The fourth-order valence-corrected chi connectivity index (χ4v) is 2.38. The van der Waals surface area contributed by atoms with E-state index in [-0.39, 0.29) is 6.04 Å². The van der Waals surface area contributed by atoms with E-state index in [0.717, 1.165) is 6.42 Å². The summed E-state index contributed by atoms with van der Waals surface area (Å²) in [4.78, 5) is 3.23. The van der Waals surface area contributed by atoms with E-state index in [9.17, 15) is 0 Å². The molecule has 2 heteroatoms. The van der Waals surface area contributed by atoms with Crippen molar-refractivity contribution in [3.05, 3.63) is 71.9 Å². The molecule has 1 heterocycles. The number of nitrogens with one attached hydrogen (secondary N) is 1. The van der Waals surface area contributed by atoms with Gasteiger partial charge in [-0.2, -0.15) is 0 Å². The van der Waals surface area contributed by atoms with Crippen molar-refractivity contribution in [2.45, 2.75) is 12.5 Å². The smallest absolute Gasteiger partial charge is 0.0456 e. The van der Waals surface area contributed by atoms with Gasteiger partial charge in [0, 0.05) is 23.1 Å². The van der Waals surface area contributed by atoms with Crippen LogP contribution in [0.5, 0.6) is 0 Å². The van der Waals surface area contributed by atoms with Crippen molar-refractivity contribution >= 4 is 10.9 Å². The summed E-state index contributed by atoms with van der Waals surface area (Å²) in [5.41, 5.74) is 9.93. The highest BCUT2D eigenvalue weighted by Crippen LogP contribution is 2.22. The highest BCUT2D eigenvalue weighted by molar-refractivity contribution is 5.82. The maximum atomic E-state index is 6.28. The van der Waals surface area contributed by atoms with Crippen LogP contribution in [0, 0.1) is 0 Å². The van der Waals surface area contributed by atoms with Crippen LogP contribution in [-0.4, -0.2) is 4.98 Å². The summed E-state index contributed by atoms with van der Waals surface area (Å²) in [7, 11) is 0. The van der Waals surface area contributed by atoms with Gasteiger partial charge in [0.1, 0.15) is 0 Å². The van der Waals surface area contributed by atoms with Crippen LogP contribution in [0.4, 0.5) is 0 Å². The summed E-state index contributed by atoms with van der Waals surface area (Å²) >= 11 is 0. The first-order valence-corrected chi connectivity index (χ1v) is 6.20. The summed E-state index contributed by atoms with van der Waals surface area (Å²) in [5, 5.41) is 1.27. The predicted octanol–water partition coefficient (Wildman–Crippen LogP) is 3.41. The number of benzene rings is 2. The number of aromatic amines is 1. The molecule has 2 aromatic carbocycles. The molecule has 1 unspecified atom stereocenters. The van der Waals surface area contributed by atoms with E-state index in [1.54, 1.807) is 0 Å². The molecule has 0 radical (unpaired) electrons. The van der Waals surface area contributed by atoms with Crippen LogP contribution in [0.2, 0.25) is 0 Å². The highest BCUT2D eigenvalue weighted by atomic mass is 14.7. The van der Waals surface area contributed by atoms with Gasteiger partial charge in [0.15, 0.2) is 0 Å². The van der Waals surface area contributed by atoms with Crippen LogP contribution in [0.15, 0.2) is 60.8 Å². The lowest BCUT2D eigenvalue weighted by atomic mass is 9.97. The fraction of sp³-hybridized carbons (Fsp3) is 0.125. The molecular weight excluding hydrogens is 220 g/mol. The number of hydrogen-bond donors (Lipinski definition) is 2. The van der Waals surface area contributed by atoms with E-state index in [0.29, 0.717) is 0 Å². The lowest BCUT2D eigenvalue weighted by Crippen LogP contribution is -2.13. The standard InChI is InChI=1S/C16H16N2/c17-15(12-5-2-1-3-6-12)11-13-7-4-8-16-14(13)9-10-18-16/h1-10,15,18H,11,17H2. The van der Waals surface area contributed by atoms with E-state index in [4.69, 9.17) is 5.73 Å². The molecule has 0 saturated carbocycles. The third-order valence-electron chi connectivity index (χ3n) is 3.35. The maximum Gasteiger partial charge on any atom is 0.0456 e. The van der Waals surface area contributed by atoms with Crippen molar-refractivity contribution in [3.63, 3.8) is 0 Å². The summed E-state index contributed by atoms with van der Waals surface area (Å²) in [6.45, 7) is 0. The van der Waals surface area contributed by atoms with Gasteiger partial charge in [-0.25, -0.2) is 0 Å². The SMILES string of the molecule is NC(Cc1cccc2[nH]ccc12)c1ccccc1. The lowest BCUT2D eigenvalue weighted by molar-refractivity contribution is 0.725. The van der Waals surface area contributed by atoms with Gasteiger partial charge >= 0.3 is 0 Å². The van der Waals surface area contributed by atoms with Crippen molar-refractivity contribution in [2.75, 3.05) is 0 Å². The van der Waals surface area contributed by atoms with Crippen molar-refractivity contribution in [3.8, 4) is 0 Å². The molecule has 0 fully saturated rings. The number of H-pyrrole nitrogens is 1. The minimum Gasteiger partial charge on any atom is -0.361 e. The number of rotatable bonds is 3. The normalized spacial score (nSPS) is 12.7. The van der Waals surface area contributed by atoms with Crippen molar-refractivity contribution in [2.24, 2.45) is 5.73 Å². The molecule has 3 aromatic rings. The molecule has 2 nitrogen and oxygen atoms in total. The van der Waals surface area contributed by atoms with Crippen LogP contribution < -0.4 is 5.73 Å². The predicted molar refractivity (Wildman–Crippen MR) is 75.4 cm³/mol. The first-order chi connectivity index (χ1) is 8.84. The average Bonchev–Trinajstić information content (AvgIpc) is 2.89. The fourth-order valence-electron chi connectivity index (χ4n) is 2.38. The quantitative estimate of drug-likeness (QED) is 0.719. The average molecular weight is 236 g/mol. The Labute approximate surface area is 106 Å². The minimum atomic E-state index is 0.0479.